The van der Waals surface area contributed by atoms with Crippen molar-refractivity contribution < 1.29 is 14.3 Å². The monoisotopic (exact) mass is 476 g/mol. The van der Waals surface area contributed by atoms with Crippen LogP contribution < -0.4 is 10.6 Å². The highest BCUT2D eigenvalue weighted by molar-refractivity contribution is 7.98. The van der Waals surface area contributed by atoms with Gasteiger partial charge in [-0.05, 0) is 78.8 Å². The van der Waals surface area contributed by atoms with Gasteiger partial charge in [0.25, 0.3) is 5.91 Å². The molecule has 0 aliphatic carbocycles. The number of carbonyl (C=O) groups excluding carboxylic acids is 2. The molecular weight excluding hydrogens is 444 g/mol. The minimum Gasteiger partial charge on any atom is -0.467 e. The summed E-state index contributed by atoms with van der Waals surface area (Å²) in [6.07, 6.45) is 2.48. The van der Waals surface area contributed by atoms with Crippen molar-refractivity contribution in [1.82, 2.24) is 5.32 Å². The van der Waals surface area contributed by atoms with Crippen molar-refractivity contribution in [2.75, 3.05) is 24.4 Å². The summed E-state index contributed by atoms with van der Waals surface area (Å²) >= 11 is 1.62. The van der Waals surface area contributed by atoms with Crippen LogP contribution in [0.4, 0.5) is 5.69 Å². The van der Waals surface area contributed by atoms with Crippen LogP contribution in [0.5, 0.6) is 0 Å². The molecule has 5 nitrogen and oxygen atoms in total. The van der Waals surface area contributed by atoms with E-state index in [4.69, 9.17) is 4.74 Å². The van der Waals surface area contributed by atoms with Crippen molar-refractivity contribution in [2.24, 2.45) is 0 Å². The van der Waals surface area contributed by atoms with E-state index in [0.29, 0.717) is 18.5 Å². The Morgan fingerprint density at radius 2 is 1.71 bits per heavy atom. The lowest BCUT2D eigenvalue weighted by Gasteiger charge is -2.19. The average molecular weight is 477 g/mol. The zero-order valence-corrected chi connectivity index (χ0v) is 21.0. The molecule has 0 aliphatic heterocycles. The van der Waals surface area contributed by atoms with E-state index in [1.54, 1.807) is 11.8 Å². The Morgan fingerprint density at radius 3 is 2.38 bits per heavy atom. The summed E-state index contributed by atoms with van der Waals surface area (Å²) in [7, 11) is 1.34. The second kappa shape index (κ2) is 12.3. The summed E-state index contributed by atoms with van der Waals surface area (Å²) in [5.41, 5.74) is 6.75. The van der Waals surface area contributed by atoms with Crippen LogP contribution in [0.1, 0.15) is 33.5 Å². The smallest absolute Gasteiger partial charge is 0.328 e. The van der Waals surface area contributed by atoms with Gasteiger partial charge in [0, 0.05) is 17.8 Å². The van der Waals surface area contributed by atoms with Gasteiger partial charge in [-0.2, -0.15) is 11.8 Å². The number of esters is 1. The molecule has 3 aromatic carbocycles. The molecule has 0 heterocycles. The topological polar surface area (TPSA) is 67.4 Å². The maximum Gasteiger partial charge on any atom is 0.328 e. The van der Waals surface area contributed by atoms with Gasteiger partial charge < -0.3 is 15.4 Å². The highest BCUT2D eigenvalue weighted by atomic mass is 32.2. The van der Waals surface area contributed by atoms with Crippen molar-refractivity contribution in [3.05, 3.63) is 89.0 Å². The van der Waals surface area contributed by atoms with E-state index in [-0.39, 0.29) is 5.91 Å². The Labute approximate surface area is 206 Å². The molecule has 0 fully saturated rings. The van der Waals surface area contributed by atoms with Crippen LogP contribution in [-0.4, -0.2) is 37.0 Å². The minimum atomic E-state index is -0.683. The molecule has 0 bridgehead atoms. The number of hydrogen-bond acceptors (Lipinski definition) is 5. The van der Waals surface area contributed by atoms with Crippen molar-refractivity contribution in [1.29, 1.82) is 0 Å². The predicted octanol–water partition coefficient (Wildman–Crippen LogP) is 5.61. The third-order valence-corrected chi connectivity index (χ3v) is 6.36. The summed E-state index contributed by atoms with van der Waals surface area (Å²) < 4.78 is 4.91. The second-order valence-electron chi connectivity index (χ2n) is 8.25. The molecule has 1 atom stereocenters. The van der Waals surface area contributed by atoms with Gasteiger partial charge in [-0.15, -0.1) is 0 Å². The summed E-state index contributed by atoms with van der Waals surface area (Å²) in [6.45, 7) is 4.72. The molecule has 0 aromatic heterocycles. The molecule has 34 heavy (non-hydrogen) atoms. The first-order chi connectivity index (χ1) is 16.4. The molecule has 6 heteroatoms. The molecule has 0 spiro atoms. The fourth-order valence-corrected chi connectivity index (χ4v) is 4.21. The van der Waals surface area contributed by atoms with E-state index < -0.39 is 12.0 Å². The van der Waals surface area contributed by atoms with Gasteiger partial charge in [0.2, 0.25) is 0 Å². The maximum atomic E-state index is 13.3. The van der Waals surface area contributed by atoms with Crippen molar-refractivity contribution in [3.8, 4) is 11.1 Å². The van der Waals surface area contributed by atoms with Crippen LogP contribution in [-0.2, 0) is 16.1 Å². The Morgan fingerprint density at radius 1 is 0.971 bits per heavy atom. The molecule has 0 saturated carbocycles. The van der Waals surface area contributed by atoms with Gasteiger partial charge in [-0.25, -0.2) is 4.79 Å². The summed E-state index contributed by atoms with van der Waals surface area (Å²) in [5, 5.41) is 6.33. The van der Waals surface area contributed by atoms with Gasteiger partial charge in [0.05, 0.1) is 7.11 Å². The van der Waals surface area contributed by atoms with Gasteiger partial charge >= 0.3 is 5.97 Å². The standard InChI is InChI=1S/C28H32N2O3S/c1-19-9-12-22(13-10-19)29-18-21-11-14-24(25(17-21)23-8-6-5-7-20(23)2)27(31)30-26(15-16-34-4)28(32)33-3/h5-14,17,26,29H,15-16,18H2,1-4H3,(H,30,31)/t26-/m0/s1. The summed E-state index contributed by atoms with van der Waals surface area (Å²) in [4.78, 5) is 25.6. The molecule has 0 aliphatic rings. The lowest BCUT2D eigenvalue weighted by molar-refractivity contribution is -0.142. The van der Waals surface area contributed by atoms with Crippen LogP contribution >= 0.6 is 11.8 Å². The fraction of sp³-hybridized carbons (Fsp3) is 0.286. The van der Waals surface area contributed by atoms with Gasteiger partial charge in [-0.3, -0.25) is 4.79 Å². The van der Waals surface area contributed by atoms with E-state index in [0.717, 1.165) is 33.7 Å². The van der Waals surface area contributed by atoms with Crippen molar-refractivity contribution >= 4 is 29.3 Å². The number of aryl methyl sites for hydroxylation is 2. The molecule has 3 rings (SSSR count). The SMILES string of the molecule is COC(=O)[C@H](CCSC)NC(=O)c1ccc(CNc2ccc(C)cc2)cc1-c1ccccc1C. The highest BCUT2D eigenvalue weighted by Crippen LogP contribution is 2.29. The first-order valence-electron chi connectivity index (χ1n) is 11.3. The maximum absolute atomic E-state index is 13.3. The molecule has 1 amide bonds. The normalized spacial score (nSPS) is 11.5. The number of rotatable bonds is 10. The van der Waals surface area contributed by atoms with Crippen LogP contribution in [0.2, 0.25) is 0 Å². The average Bonchev–Trinajstić information content (AvgIpc) is 2.85. The molecule has 0 unspecified atom stereocenters. The molecular formula is C28H32N2O3S. The predicted molar refractivity (Wildman–Crippen MR) is 141 cm³/mol. The number of benzene rings is 3. The van der Waals surface area contributed by atoms with Crippen LogP contribution in [0, 0.1) is 13.8 Å². The third kappa shape index (κ3) is 6.64. The van der Waals surface area contributed by atoms with Crippen LogP contribution in [0.15, 0.2) is 66.7 Å². The Bertz CT molecular complexity index is 1130. The summed E-state index contributed by atoms with van der Waals surface area (Å²) in [5.74, 6) is 0.0282. The first-order valence-corrected chi connectivity index (χ1v) is 12.7. The van der Waals surface area contributed by atoms with E-state index in [1.165, 1.54) is 12.7 Å². The Balaban J connectivity index is 1.91. The second-order valence-corrected chi connectivity index (χ2v) is 9.23. The number of methoxy groups -OCH3 is 1. The quantitative estimate of drug-likeness (QED) is 0.373. The number of hydrogen-bond donors (Lipinski definition) is 2. The Hall–Kier alpha value is -3.25. The highest BCUT2D eigenvalue weighted by Gasteiger charge is 2.23. The van der Waals surface area contributed by atoms with Crippen LogP contribution in [0.25, 0.3) is 11.1 Å². The molecule has 2 N–H and O–H groups in total. The van der Waals surface area contributed by atoms with E-state index >= 15 is 0 Å². The number of nitrogens with one attached hydrogen (secondary N) is 2. The molecule has 3 aromatic rings. The largest absolute Gasteiger partial charge is 0.467 e. The third-order valence-electron chi connectivity index (χ3n) is 5.71. The number of carbonyl (C=O) groups is 2. The lowest BCUT2D eigenvalue weighted by Crippen LogP contribution is -2.42. The first kappa shape index (κ1) is 25.4. The fourth-order valence-electron chi connectivity index (χ4n) is 3.74. The Kier molecular flexibility index (Phi) is 9.16. The van der Waals surface area contributed by atoms with E-state index in [2.05, 4.69) is 41.8 Å². The zero-order chi connectivity index (χ0) is 24.5. The van der Waals surface area contributed by atoms with E-state index in [9.17, 15) is 9.59 Å². The van der Waals surface area contributed by atoms with Crippen molar-refractivity contribution in [2.45, 2.75) is 32.9 Å². The molecule has 0 radical (unpaired) electrons. The summed E-state index contributed by atoms with van der Waals surface area (Å²) in [6, 6.07) is 21.4. The molecule has 0 saturated heterocycles. The van der Waals surface area contributed by atoms with E-state index in [1.807, 2.05) is 55.6 Å². The zero-order valence-electron chi connectivity index (χ0n) is 20.2. The van der Waals surface area contributed by atoms with Crippen LogP contribution in [0.3, 0.4) is 0 Å². The minimum absolute atomic E-state index is 0.284. The van der Waals surface area contributed by atoms with Crippen molar-refractivity contribution in [3.63, 3.8) is 0 Å². The number of thioether (sulfide) groups is 1. The van der Waals surface area contributed by atoms with Gasteiger partial charge in [0.15, 0.2) is 0 Å². The van der Waals surface area contributed by atoms with Gasteiger partial charge in [0.1, 0.15) is 6.04 Å². The number of ether oxygens (including phenoxy) is 1. The number of anilines is 1. The number of amides is 1. The lowest BCUT2D eigenvalue weighted by atomic mass is 9.93. The van der Waals surface area contributed by atoms with Gasteiger partial charge in [-0.1, -0.05) is 48.0 Å². The molecule has 178 valence electrons.